The average Bonchev–Trinajstić information content (AvgIpc) is 2.47. The van der Waals surface area contributed by atoms with Gasteiger partial charge < -0.3 is 11.5 Å². The van der Waals surface area contributed by atoms with Crippen molar-refractivity contribution in [2.45, 2.75) is 49.6 Å². The molecule has 1 aromatic rings. The first-order chi connectivity index (χ1) is 11.2. The number of benzene rings is 1. The van der Waals surface area contributed by atoms with Gasteiger partial charge >= 0.3 is 0 Å². The molecule has 130 valence electrons. The van der Waals surface area contributed by atoms with Gasteiger partial charge in [0.15, 0.2) is 9.84 Å². The van der Waals surface area contributed by atoms with Gasteiger partial charge in [0.1, 0.15) is 5.66 Å². The molecular weight excluding hydrogens is 326 g/mol. The molecule has 0 saturated heterocycles. The summed E-state index contributed by atoms with van der Waals surface area (Å²) < 4.78 is 24.6. The van der Waals surface area contributed by atoms with Crippen LogP contribution in [0.2, 0.25) is 0 Å². The predicted octanol–water partition coefficient (Wildman–Crippen LogP) is 1.51. The Balaban J connectivity index is 2.22. The molecule has 0 radical (unpaired) electrons. The Morgan fingerprint density at radius 3 is 2.46 bits per heavy atom. The molecule has 0 atom stereocenters. The number of anilines is 1. The molecule has 1 saturated carbocycles. The molecule has 0 unspecified atom stereocenters. The molecule has 7 nitrogen and oxygen atoms in total. The highest BCUT2D eigenvalue weighted by atomic mass is 32.2. The van der Waals surface area contributed by atoms with Crippen LogP contribution >= 0.6 is 0 Å². The molecule has 1 aliphatic carbocycles. The monoisotopic (exact) mass is 349 g/mol. The fraction of sp³-hybridized carbons (Fsp3) is 0.500. The third-order valence-corrected chi connectivity index (χ3v) is 5.73. The number of aryl methyl sites for hydroxylation is 1. The summed E-state index contributed by atoms with van der Waals surface area (Å²) in [7, 11) is -3.43. The summed E-state index contributed by atoms with van der Waals surface area (Å²) in [5, 5.41) is 0. The Morgan fingerprint density at radius 1 is 1.17 bits per heavy atom. The highest BCUT2D eigenvalue weighted by Gasteiger charge is 2.43. The second kappa shape index (κ2) is 5.77. The van der Waals surface area contributed by atoms with E-state index in [0.717, 1.165) is 37.7 Å². The summed E-state index contributed by atoms with van der Waals surface area (Å²) in [6.45, 7) is 1.86. The molecule has 0 bridgehead atoms. The van der Waals surface area contributed by atoms with Crippen LogP contribution in [0.5, 0.6) is 0 Å². The molecule has 1 fully saturated rings. The fourth-order valence-corrected chi connectivity index (χ4v) is 4.51. The van der Waals surface area contributed by atoms with Gasteiger partial charge in [-0.1, -0.05) is 12.5 Å². The van der Waals surface area contributed by atoms with Gasteiger partial charge in [-0.3, -0.25) is 4.90 Å². The minimum absolute atomic E-state index is 0.152. The number of aliphatic imine (C=N–C) groups is 2. The molecule has 1 spiro atoms. The third-order valence-electron chi connectivity index (χ3n) is 4.61. The molecule has 3 rings (SSSR count). The van der Waals surface area contributed by atoms with Gasteiger partial charge in [0.2, 0.25) is 11.9 Å². The number of nitrogens with two attached hydrogens (primary N) is 2. The topological polar surface area (TPSA) is 114 Å². The van der Waals surface area contributed by atoms with E-state index >= 15 is 0 Å². The van der Waals surface area contributed by atoms with Crippen molar-refractivity contribution in [3.8, 4) is 0 Å². The molecule has 4 N–H and O–H groups in total. The quantitative estimate of drug-likeness (QED) is 0.840. The summed E-state index contributed by atoms with van der Waals surface area (Å²) >= 11 is 0. The minimum atomic E-state index is -3.43. The molecule has 0 amide bonds. The van der Waals surface area contributed by atoms with Crippen molar-refractivity contribution < 1.29 is 8.42 Å². The molecule has 0 aromatic heterocycles. The molecule has 8 heteroatoms. The van der Waals surface area contributed by atoms with Crippen molar-refractivity contribution >= 4 is 27.4 Å². The van der Waals surface area contributed by atoms with Crippen molar-refractivity contribution in [3.05, 3.63) is 23.8 Å². The fourth-order valence-electron chi connectivity index (χ4n) is 3.57. The smallest absolute Gasteiger partial charge is 0.220 e. The second-order valence-corrected chi connectivity index (χ2v) is 8.55. The SMILES string of the molecule is Cc1ccc(N2C(N)=NC(N)=NC23CCCCC3)c(S(C)(=O)=O)c1. The standard InChI is InChI=1S/C16H23N5O2S/c1-11-6-7-12(13(10-11)24(2,22)23)21-15(18)19-14(17)20-16(21)8-4-3-5-9-16/h6-7,10H,3-5,8-9H2,1-2H3,(H4,17,18,19,20). The van der Waals surface area contributed by atoms with E-state index in [0.29, 0.717) is 5.69 Å². The molecule has 2 aliphatic rings. The van der Waals surface area contributed by atoms with E-state index in [9.17, 15) is 8.42 Å². The Labute approximate surface area is 142 Å². The Kier molecular flexibility index (Phi) is 4.03. The average molecular weight is 349 g/mol. The Morgan fingerprint density at radius 2 is 1.83 bits per heavy atom. The normalized spacial score (nSPS) is 20.7. The lowest BCUT2D eigenvalue weighted by atomic mass is 9.87. The van der Waals surface area contributed by atoms with Crippen molar-refractivity contribution in [2.24, 2.45) is 21.5 Å². The van der Waals surface area contributed by atoms with Gasteiger partial charge in [0.05, 0.1) is 10.6 Å². The number of nitrogens with zero attached hydrogens (tertiary/aromatic N) is 3. The van der Waals surface area contributed by atoms with Gasteiger partial charge in [-0.15, -0.1) is 0 Å². The van der Waals surface area contributed by atoms with Crippen molar-refractivity contribution in [1.29, 1.82) is 0 Å². The van der Waals surface area contributed by atoms with E-state index in [2.05, 4.69) is 9.98 Å². The summed E-state index contributed by atoms with van der Waals surface area (Å²) in [5.41, 5.74) is 12.8. The highest BCUT2D eigenvalue weighted by Crippen LogP contribution is 2.41. The Hall–Kier alpha value is -2.09. The van der Waals surface area contributed by atoms with Gasteiger partial charge in [0, 0.05) is 6.26 Å². The maximum absolute atomic E-state index is 12.3. The second-order valence-electron chi connectivity index (χ2n) is 6.56. The summed E-state index contributed by atoms with van der Waals surface area (Å²) in [4.78, 5) is 10.7. The minimum Gasteiger partial charge on any atom is -0.369 e. The lowest BCUT2D eigenvalue weighted by Gasteiger charge is -2.46. The van der Waals surface area contributed by atoms with Crippen LogP contribution in [-0.4, -0.2) is 32.3 Å². The van der Waals surface area contributed by atoms with Crippen molar-refractivity contribution in [2.75, 3.05) is 11.2 Å². The number of guanidine groups is 2. The maximum Gasteiger partial charge on any atom is 0.220 e. The van der Waals surface area contributed by atoms with Crippen LogP contribution < -0.4 is 16.4 Å². The number of hydrogen-bond acceptors (Lipinski definition) is 7. The van der Waals surface area contributed by atoms with E-state index in [1.807, 2.05) is 13.0 Å². The molecular formula is C16H23N5O2S. The zero-order valence-electron chi connectivity index (χ0n) is 14.0. The van der Waals surface area contributed by atoms with Crippen molar-refractivity contribution in [3.63, 3.8) is 0 Å². The first-order valence-corrected chi connectivity index (χ1v) is 9.92. The van der Waals surface area contributed by atoms with Gasteiger partial charge in [-0.2, -0.15) is 4.99 Å². The van der Waals surface area contributed by atoms with Crippen LogP contribution in [-0.2, 0) is 9.84 Å². The van der Waals surface area contributed by atoms with Crippen LogP contribution in [0.4, 0.5) is 5.69 Å². The molecule has 1 heterocycles. The first-order valence-electron chi connectivity index (χ1n) is 8.03. The van der Waals surface area contributed by atoms with Crippen LogP contribution in [0.15, 0.2) is 33.1 Å². The van der Waals surface area contributed by atoms with E-state index in [1.165, 1.54) is 6.26 Å². The number of hydrogen-bond donors (Lipinski definition) is 2. The van der Waals surface area contributed by atoms with Crippen LogP contribution in [0.3, 0.4) is 0 Å². The molecule has 1 aromatic carbocycles. The number of rotatable bonds is 2. The largest absolute Gasteiger partial charge is 0.369 e. The Bertz CT molecular complexity index is 823. The predicted molar refractivity (Wildman–Crippen MR) is 95.8 cm³/mol. The van der Waals surface area contributed by atoms with Gasteiger partial charge in [-0.25, -0.2) is 13.4 Å². The van der Waals surface area contributed by atoms with Gasteiger partial charge in [0.25, 0.3) is 0 Å². The lowest BCUT2D eigenvalue weighted by molar-refractivity contribution is 0.305. The maximum atomic E-state index is 12.3. The summed E-state index contributed by atoms with van der Waals surface area (Å²) in [5.74, 6) is 0.344. The van der Waals surface area contributed by atoms with Crippen LogP contribution in [0.25, 0.3) is 0 Å². The lowest BCUT2D eigenvalue weighted by Crippen LogP contribution is -2.58. The van der Waals surface area contributed by atoms with Crippen LogP contribution in [0.1, 0.15) is 37.7 Å². The van der Waals surface area contributed by atoms with E-state index in [1.54, 1.807) is 17.0 Å². The zero-order chi connectivity index (χ0) is 17.5. The van der Waals surface area contributed by atoms with E-state index < -0.39 is 15.5 Å². The van der Waals surface area contributed by atoms with E-state index in [4.69, 9.17) is 11.5 Å². The molecule has 24 heavy (non-hydrogen) atoms. The third kappa shape index (κ3) is 2.86. The van der Waals surface area contributed by atoms with Gasteiger partial charge in [-0.05, 0) is 50.3 Å². The zero-order valence-corrected chi connectivity index (χ0v) is 14.8. The van der Waals surface area contributed by atoms with Crippen molar-refractivity contribution in [1.82, 2.24) is 0 Å². The van der Waals surface area contributed by atoms with Crippen LogP contribution in [0, 0.1) is 6.92 Å². The highest BCUT2D eigenvalue weighted by molar-refractivity contribution is 7.90. The molecule has 1 aliphatic heterocycles. The van der Waals surface area contributed by atoms with E-state index in [-0.39, 0.29) is 16.8 Å². The summed E-state index contributed by atoms with van der Waals surface area (Å²) in [6.07, 6.45) is 5.83. The number of sulfone groups is 1. The summed E-state index contributed by atoms with van der Waals surface area (Å²) in [6, 6.07) is 5.31. The first kappa shape index (κ1) is 16.8.